The average molecular weight is 250 g/mol. The highest BCUT2D eigenvalue weighted by Gasteiger charge is 2.20. The first-order valence-electron chi connectivity index (χ1n) is 5.99. The summed E-state index contributed by atoms with van der Waals surface area (Å²) in [6, 6.07) is 0.313. The van der Waals surface area contributed by atoms with E-state index in [2.05, 4.69) is 20.2 Å². The van der Waals surface area contributed by atoms with Crippen LogP contribution in [0.4, 0.5) is 11.6 Å². The number of aromatic nitrogens is 2. The van der Waals surface area contributed by atoms with Gasteiger partial charge in [0.05, 0.1) is 6.54 Å². The minimum atomic E-state index is -0.278. The third-order valence-electron chi connectivity index (χ3n) is 3.03. The van der Waals surface area contributed by atoms with E-state index >= 15 is 0 Å². The number of nitrogens with two attached hydrogens (primary N) is 2. The van der Waals surface area contributed by atoms with Crippen LogP contribution in [0.25, 0.3) is 0 Å². The summed E-state index contributed by atoms with van der Waals surface area (Å²) in [5.74, 6) is 0.766. The second-order valence-electron chi connectivity index (χ2n) is 4.45. The highest BCUT2D eigenvalue weighted by Crippen LogP contribution is 2.17. The van der Waals surface area contributed by atoms with Gasteiger partial charge in [-0.2, -0.15) is 0 Å². The van der Waals surface area contributed by atoms with E-state index in [9.17, 15) is 4.79 Å². The number of primary amides is 1. The summed E-state index contributed by atoms with van der Waals surface area (Å²) >= 11 is 0. The quantitative estimate of drug-likeness (QED) is 0.659. The van der Waals surface area contributed by atoms with Gasteiger partial charge in [-0.3, -0.25) is 9.69 Å². The Morgan fingerprint density at radius 2 is 2.06 bits per heavy atom. The molecule has 0 unspecified atom stereocenters. The molecule has 0 radical (unpaired) electrons. The summed E-state index contributed by atoms with van der Waals surface area (Å²) in [5.41, 5.74) is 10.9. The fourth-order valence-corrected chi connectivity index (χ4v) is 2.11. The Kier molecular flexibility index (Phi) is 3.93. The molecule has 0 spiro atoms. The number of hydrogen-bond acceptors (Lipinski definition) is 6. The molecule has 1 fully saturated rings. The Bertz CT molecular complexity index is 416. The summed E-state index contributed by atoms with van der Waals surface area (Å²) in [7, 11) is 0. The summed E-state index contributed by atoms with van der Waals surface area (Å²) in [6.07, 6.45) is 5.05. The van der Waals surface area contributed by atoms with Crippen LogP contribution in [-0.2, 0) is 4.79 Å². The molecular weight excluding hydrogens is 232 g/mol. The van der Waals surface area contributed by atoms with Crippen molar-refractivity contribution in [1.82, 2.24) is 14.9 Å². The van der Waals surface area contributed by atoms with Gasteiger partial charge in [0, 0.05) is 31.5 Å². The zero-order valence-corrected chi connectivity index (χ0v) is 10.2. The second-order valence-corrected chi connectivity index (χ2v) is 4.45. The minimum Gasteiger partial charge on any atom is -0.381 e. The number of anilines is 2. The second kappa shape index (κ2) is 5.63. The van der Waals surface area contributed by atoms with Crippen LogP contribution in [0.3, 0.4) is 0 Å². The van der Waals surface area contributed by atoms with Gasteiger partial charge in [-0.15, -0.1) is 0 Å². The maximum atomic E-state index is 10.8. The van der Waals surface area contributed by atoms with E-state index in [0.29, 0.717) is 24.2 Å². The van der Waals surface area contributed by atoms with Crippen molar-refractivity contribution >= 4 is 17.5 Å². The van der Waals surface area contributed by atoms with Crippen LogP contribution in [0.15, 0.2) is 12.4 Å². The topological polar surface area (TPSA) is 110 Å². The molecular formula is C11H18N6O. The van der Waals surface area contributed by atoms with E-state index in [4.69, 9.17) is 11.5 Å². The molecule has 1 aromatic heterocycles. The summed E-state index contributed by atoms with van der Waals surface area (Å²) < 4.78 is 0. The maximum absolute atomic E-state index is 10.8. The Morgan fingerprint density at radius 1 is 1.39 bits per heavy atom. The molecule has 7 nitrogen and oxygen atoms in total. The van der Waals surface area contributed by atoms with Gasteiger partial charge >= 0.3 is 0 Å². The number of nitrogen functional groups attached to an aromatic ring is 1. The summed E-state index contributed by atoms with van der Waals surface area (Å²) in [5, 5.41) is 3.28. The molecule has 1 amide bonds. The van der Waals surface area contributed by atoms with Crippen molar-refractivity contribution in [1.29, 1.82) is 0 Å². The predicted octanol–water partition coefficient (Wildman–Crippen LogP) is -0.580. The molecule has 1 aliphatic heterocycles. The molecule has 98 valence electrons. The van der Waals surface area contributed by atoms with E-state index in [0.717, 1.165) is 25.9 Å². The van der Waals surface area contributed by atoms with Crippen LogP contribution in [0.1, 0.15) is 12.8 Å². The van der Waals surface area contributed by atoms with Gasteiger partial charge in [0.1, 0.15) is 0 Å². The minimum absolute atomic E-state index is 0.278. The lowest BCUT2D eigenvalue weighted by atomic mass is 10.1. The lowest BCUT2D eigenvalue weighted by molar-refractivity contribution is -0.119. The molecule has 1 aliphatic rings. The molecule has 0 aliphatic carbocycles. The number of piperidine rings is 1. The zero-order chi connectivity index (χ0) is 13.0. The van der Waals surface area contributed by atoms with E-state index in [1.165, 1.54) is 0 Å². The van der Waals surface area contributed by atoms with Crippen molar-refractivity contribution in [3.05, 3.63) is 12.4 Å². The zero-order valence-electron chi connectivity index (χ0n) is 10.2. The predicted molar refractivity (Wildman–Crippen MR) is 68.7 cm³/mol. The molecule has 0 saturated carbocycles. The van der Waals surface area contributed by atoms with E-state index in [1.807, 2.05) is 0 Å². The molecule has 18 heavy (non-hydrogen) atoms. The molecule has 0 atom stereocenters. The van der Waals surface area contributed by atoms with Crippen LogP contribution in [0.5, 0.6) is 0 Å². The van der Waals surface area contributed by atoms with Gasteiger partial charge in [0.15, 0.2) is 11.6 Å². The number of carbonyl (C=O) groups is 1. The van der Waals surface area contributed by atoms with Crippen LogP contribution in [-0.4, -0.2) is 46.5 Å². The highest BCUT2D eigenvalue weighted by molar-refractivity contribution is 5.75. The number of hydrogen-bond donors (Lipinski definition) is 3. The summed E-state index contributed by atoms with van der Waals surface area (Å²) in [6.45, 7) is 2.03. The van der Waals surface area contributed by atoms with Crippen molar-refractivity contribution in [2.75, 3.05) is 30.7 Å². The third kappa shape index (κ3) is 3.30. The highest BCUT2D eigenvalue weighted by atomic mass is 16.1. The first-order valence-corrected chi connectivity index (χ1v) is 5.99. The maximum Gasteiger partial charge on any atom is 0.231 e. The van der Waals surface area contributed by atoms with Gasteiger partial charge in [0.2, 0.25) is 5.91 Å². The first-order chi connectivity index (χ1) is 8.65. The number of rotatable bonds is 4. The average Bonchev–Trinajstić information content (AvgIpc) is 2.34. The van der Waals surface area contributed by atoms with Crippen LogP contribution in [0.2, 0.25) is 0 Å². The molecule has 5 N–H and O–H groups in total. The fraction of sp³-hybridized carbons (Fsp3) is 0.545. The van der Waals surface area contributed by atoms with Crippen molar-refractivity contribution in [2.45, 2.75) is 18.9 Å². The Hall–Kier alpha value is -1.89. The summed E-state index contributed by atoms with van der Waals surface area (Å²) in [4.78, 5) is 21.0. The lowest BCUT2D eigenvalue weighted by Gasteiger charge is -2.31. The van der Waals surface area contributed by atoms with E-state index < -0.39 is 0 Å². The molecule has 0 aromatic carbocycles. The molecule has 2 heterocycles. The Labute approximate surface area is 106 Å². The fourth-order valence-electron chi connectivity index (χ4n) is 2.11. The lowest BCUT2D eigenvalue weighted by Crippen LogP contribution is -2.43. The van der Waals surface area contributed by atoms with Gasteiger partial charge in [0.25, 0.3) is 0 Å². The molecule has 0 bridgehead atoms. The molecule has 7 heteroatoms. The van der Waals surface area contributed by atoms with Crippen LogP contribution >= 0.6 is 0 Å². The largest absolute Gasteiger partial charge is 0.381 e. The standard InChI is InChI=1S/C11H18N6O/c12-9(18)7-17-5-1-8(2-6-17)16-11-10(13)14-3-4-15-11/h3-4,8H,1-2,5-7H2,(H2,12,18)(H2,13,14)(H,15,16). The van der Waals surface area contributed by atoms with Crippen LogP contribution in [0, 0.1) is 0 Å². The van der Waals surface area contributed by atoms with E-state index in [1.54, 1.807) is 12.4 Å². The number of amides is 1. The normalized spacial score (nSPS) is 17.6. The van der Waals surface area contributed by atoms with Gasteiger partial charge in [-0.25, -0.2) is 9.97 Å². The van der Waals surface area contributed by atoms with Crippen molar-refractivity contribution in [3.8, 4) is 0 Å². The van der Waals surface area contributed by atoms with Gasteiger partial charge in [-0.1, -0.05) is 0 Å². The number of carbonyl (C=O) groups excluding carboxylic acids is 1. The van der Waals surface area contributed by atoms with Gasteiger partial charge < -0.3 is 16.8 Å². The smallest absolute Gasteiger partial charge is 0.231 e. The van der Waals surface area contributed by atoms with E-state index in [-0.39, 0.29) is 5.91 Å². The number of nitrogens with zero attached hydrogens (tertiary/aromatic N) is 3. The number of nitrogens with one attached hydrogen (secondary N) is 1. The molecule has 1 saturated heterocycles. The van der Waals surface area contributed by atoms with Gasteiger partial charge in [-0.05, 0) is 12.8 Å². The van der Waals surface area contributed by atoms with Crippen LogP contribution < -0.4 is 16.8 Å². The van der Waals surface area contributed by atoms with Crippen molar-refractivity contribution in [3.63, 3.8) is 0 Å². The number of likely N-dealkylation sites (tertiary alicyclic amines) is 1. The Balaban J connectivity index is 1.84. The first kappa shape index (κ1) is 12.6. The molecule has 2 rings (SSSR count). The third-order valence-corrected chi connectivity index (χ3v) is 3.03. The SMILES string of the molecule is NC(=O)CN1CCC(Nc2nccnc2N)CC1. The molecule has 1 aromatic rings. The van der Waals surface area contributed by atoms with Crippen molar-refractivity contribution < 1.29 is 4.79 Å². The monoisotopic (exact) mass is 250 g/mol. The van der Waals surface area contributed by atoms with Crippen molar-refractivity contribution in [2.24, 2.45) is 5.73 Å². The Morgan fingerprint density at radius 3 is 2.67 bits per heavy atom.